The van der Waals surface area contributed by atoms with Gasteiger partial charge in [0.15, 0.2) is 4.67 Å². The molecule has 1 nitrogen and oxygen atoms in total. The summed E-state index contributed by atoms with van der Waals surface area (Å²) in [7, 11) is 0. The van der Waals surface area contributed by atoms with Crippen molar-refractivity contribution >= 4 is 40.1 Å². The molecule has 0 rings (SSSR count). The molecule has 1 unspecified atom stereocenters. The minimum Gasteiger partial charge on any atom is -0.334 e. The summed E-state index contributed by atoms with van der Waals surface area (Å²) in [5, 5.41) is 0. The zero-order chi connectivity index (χ0) is 10.2. The van der Waals surface area contributed by atoms with Crippen molar-refractivity contribution in [2.45, 2.75) is 39.5 Å². The predicted molar refractivity (Wildman–Crippen MR) is 71.5 cm³/mol. The maximum atomic E-state index is 5.57. The van der Waals surface area contributed by atoms with Crippen LogP contribution in [-0.4, -0.2) is 12.4 Å². The third kappa shape index (κ3) is 9.61. The molecule has 0 heterocycles. The minimum atomic E-state index is -1.81. The average molecular weight is 258 g/mol. The summed E-state index contributed by atoms with van der Waals surface area (Å²) in [5.41, 5.74) is 0. The second-order valence-corrected chi connectivity index (χ2v) is 12.6. The molecule has 5 heteroatoms. The van der Waals surface area contributed by atoms with Crippen LogP contribution in [0.1, 0.15) is 39.5 Å². The van der Waals surface area contributed by atoms with Gasteiger partial charge in [-0.2, -0.15) is 0 Å². The average Bonchev–Trinajstić information content (AvgIpc) is 2.05. The molecule has 0 aromatic carbocycles. The standard InChI is InChI=1S/C8H19OPS3/c1-3-5-7-9-10(11,12)13-8-6-4-2/h3-8H2,1-2H3,(H,11,12). The Kier molecular flexibility index (Phi) is 9.47. The molecule has 0 spiro atoms. The van der Waals surface area contributed by atoms with Crippen LogP contribution in [0.25, 0.3) is 0 Å². The van der Waals surface area contributed by atoms with Gasteiger partial charge in [0.2, 0.25) is 0 Å². The summed E-state index contributed by atoms with van der Waals surface area (Å²) >= 11 is 11.4. The molecule has 0 aromatic rings. The van der Waals surface area contributed by atoms with Crippen molar-refractivity contribution in [2.75, 3.05) is 12.4 Å². The van der Waals surface area contributed by atoms with Crippen molar-refractivity contribution in [1.82, 2.24) is 0 Å². The van der Waals surface area contributed by atoms with Gasteiger partial charge in [-0.25, -0.2) is 0 Å². The Morgan fingerprint density at radius 3 is 2.46 bits per heavy atom. The molecular weight excluding hydrogens is 239 g/mol. The lowest BCUT2D eigenvalue weighted by Crippen LogP contribution is -1.87. The first-order chi connectivity index (χ1) is 6.12. The lowest BCUT2D eigenvalue weighted by Gasteiger charge is -2.14. The molecule has 1 atom stereocenters. The van der Waals surface area contributed by atoms with Gasteiger partial charge >= 0.3 is 0 Å². The highest BCUT2D eigenvalue weighted by molar-refractivity contribution is 8.95. The SMILES string of the molecule is CCCCOP(=S)(S)SCCCC. The van der Waals surface area contributed by atoms with Gasteiger partial charge in [-0.15, -0.1) is 12.2 Å². The van der Waals surface area contributed by atoms with Gasteiger partial charge in [0, 0.05) is 5.75 Å². The molecule has 0 N–H and O–H groups in total. The highest BCUT2D eigenvalue weighted by Crippen LogP contribution is 2.64. The number of hydrogen-bond donors (Lipinski definition) is 1. The fourth-order valence-corrected chi connectivity index (χ4v) is 5.17. The summed E-state index contributed by atoms with van der Waals surface area (Å²) in [6, 6.07) is 0. The Balaban J connectivity index is 3.49. The Labute approximate surface area is 96.4 Å². The first kappa shape index (κ1) is 14.3. The highest BCUT2D eigenvalue weighted by Gasteiger charge is 2.11. The van der Waals surface area contributed by atoms with E-state index in [-0.39, 0.29) is 0 Å². The van der Waals surface area contributed by atoms with Crippen LogP contribution in [0.15, 0.2) is 0 Å². The van der Waals surface area contributed by atoms with E-state index < -0.39 is 4.67 Å². The number of rotatable bonds is 8. The van der Waals surface area contributed by atoms with E-state index in [2.05, 4.69) is 26.1 Å². The van der Waals surface area contributed by atoms with Gasteiger partial charge in [-0.1, -0.05) is 38.1 Å². The summed E-state index contributed by atoms with van der Waals surface area (Å²) < 4.78 is 3.76. The number of hydrogen-bond acceptors (Lipinski definition) is 3. The lowest BCUT2D eigenvalue weighted by molar-refractivity contribution is 0.355. The fourth-order valence-electron chi connectivity index (χ4n) is 0.686. The first-order valence-corrected chi connectivity index (χ1v) is 10.2. The maximum absolute atomic E-state index is 5.57. The van der Waals surface area contributed by atoms with Gasteiger partial charge < -0.3 is 4.52 Å². The van der Waals surface area contributed by atoms with Crippen molar-refractivity contribution in [3.63, 3.8) is 0 Å². The predicted octanol–water partition coefficient (Wildman–Crippen LogP) is 4.49. The first-order valence-electron chi connectivity index (χ1n) is 4.74. The van der Waals surface area contributed by atoms with Crippen LogP contribution in [0.5, 0.6) is 0 Å². The monoisotopic (exact) mass is 258 g/mol. The van der Waals surface area contributed by atoms with E-state index >= 15 is 0 Å². The van der Waals surface area contributed by atoms with Crippen LogP contribution >= 0.6 is 28.3 Å². The van der Waals surface area contributed by atoms with Crippen LogP contribution in [0.3, 0.4) is 0 Å². The van der Waals surface area contributed by atoms with Gasteiger partial charge in [-0.05, 0) is 24.6 Å². The molecule has 0 saturated heterocycles. The summed E-state index contributed by atoms with van der Waals surface area (Å²) in [4.78, 5) is 0. The van der Waals surface area contributed by atoms with E-state index in [9.17, 15) is 0 Å². The van der Waals surface area contributed by atoms with Crippen molar-refractivity contribution in [3.05, 3.63) is 0 Å². The molecule has 0 bridgehead atoms. The van der Waals surface area contributed by atoms with Crippen LogP contribution in [0, 0.1) is 0 Å². The zero-order valence-electron chi connectivity index (χ0n) is 8.36. The molecule has 0 fully saturated rings. The molecule has 13 heavy (non-hydrogen) atoms. The van der Waals surface area contributed by atoms with Crippen molar-refractivity contribution in [3.8, 4) is 0 Å². The normalized spacial score (nSPS) is 15.6. The third-order valence-corrected chi connectivity index (χ3v) is 7.30. The van der Waals surface area contributed by atoms with Gasteiger partial charge in [-0.3, -0.25) is 0 Å². The molecule has 0 aliphatic rings. The maximum Gasteiger partial charge on any atom is 0.171 e. The van der Waals surface area contributed by atoms with E-state index in [4.69, 9.17) is 16.3 Å². The Morgan fingerprint density at radius 1 is 1.31 bits per heavy atom. The molecular formula is C8H19OPS3. The molecule has 0 aromatic heterocycles. The largest absolute Gasteiger partial charge is 0.334 e. The molecule has 80 valence electrons. The fraction of sp³-hybridized carbons (Fsp3) is 1.00. The quantitative estimate of drug-likeness (QED) is 0.390. The second kappa shape index (κ2) is 8.60. The molecule has 0 saturated carbocycles. The van der Waals surface area contributed by atoms with Crippen LogP contribution in [0.4, 0.5) is 0 Å². The van der Waals surface area contributed by atoms with E-state index in [1.165, 1.54) is 12.8 Å². The topological polar surface area (TPSA) is 9.23 Å². The summed E-state index contributed by atoms with van der Waals surface area (Å²) in [6.45, 7) is 5.10. The third-order valence-electron chi connectivity index (χ3n) is 1.50. The molecule has 0 aliphatic carbocycles. The van der Waals surface area contributed by atoms with E-state index in [1.807, 2.05) is 0 Å². The Bertz CT molecular complexity index is 149. The molecule has 0 radical (unpaired) electrons. The van der Waals surface area contributed by atoms with Crippen LogP contribution in [-0.2, 0) is 16.3 Å². The van der Waals surface area contributed by atoms with Crippen LogP contribution in [0.2, 0.25) is 0 Å². The number of thiol groups is 1. The lowest BCUT2D eigenvalue weighted by atomic mass is 10.4. The van der Waals surface area contributed by atoms with Gasteiger partial charge in [0.05, 0.1) is 6.61 Å². The molecule has 0 aliphatic heterocycles. The number of unbranched alkanes of at least 4 members (excludes halogenated alkanes) is 2. The minimum absolute atomic E-state index is 0.774. The highest BCUT2D eigenvalue weighted by atomic mass is 33.2. The van der Waals surface area contributed by atoms with Crippen LogP contribution < -0.4 is 0 Å². The second-order valence-electron chi connectivity index (χ2n) is 2.84. The van der Waals surface area contributed by atoms with E-state index in [0.29, 0.717) is 0 Å². The van der Waals surface area contributed by atoms with E-state index in [0.717, 1.165) is 25.2 Å². The van der Waals surface area contributed by atoms with Gasteiger partial charge in [0.25, 0.3) is 0 Å². The van der Waals surface area contributed by atoms with Gasteiger partial charge in [0.1, 0.15) is 0 Å². The van der Waals surface area contributed by atoms with Crippen molar-refractivity contribution < 1.29 is 4.52 Å². The summed E-state index contributed by atoms with van der Waals surface area (Å²) in [5.74, 6) is 1.09. The van der Waals surface area contributed by atoms with Crippen molar-refractivity contribution in [1.29, 1.82) is 0 Å². The smallest absolute Gasteiger partial charge is 0.171 e. The Hall–Kier alpha value is 1.31. The van der Waals surface area contributed by atoms with E-state index in [1.54, 1.807) is 11.4 Å². The zero-order valence-corrected chi connectivity index (χ0v) is 11.8. The Morgan fingerprint density at radius 2 is 1.92 bits per heavy atom. The molecule has 0 amide bonds. The summed E-state index contributed by atoms with van der Waals surface area (Å²) in [6.07, 6.45) is 4.67. The van der Waals surface area contributed by atoms with Crippen molar-refractivity contribution in [2.24, 2.45) is 0 Å².